The Morgan fingerprint density at radius 3 is 2.45 bits per heavy atom. The molecule has 22 heavy (non-hydrogen) atoms. The summed E-state index contributed by atoms with van der Waals surface area (Å²) < 4.78 is 0. The molecule has 122 valence electrons. The van der Waals surface area contributed by atoms with E-state index < -0.39 is 17.9 Å². The van der Waals surface area contributed by atoms with E-state index in [1.54, 1.807) is 13.0 Å². The number of carbonyl (C=O) groups is 3. The fourth-order valence-corrected chi connectivity index (χ4v) is 2.82. The predicted molar refractivity (Wildman–Crippen MR) is 86.3 cm³/mol. The molecular weight excluding hydrogens is 304 g/mol. The zero-order valence-electron chi connectivity index (χ0n) is 13.2. The Morgan fingerprint density at radius 2 is 1.95 bits per heavy atom. The lowest BCUT2D eigenvalue weighted by atomic mass is 10.1. The van der Waals surface area contributed by atoms with Crippen LogP contribution >= 0.6 is 11.3 Å². The molecule has 3 N–H and O–H groups in total. The number of carboxylic acids is 1. The van der Waals surface area contributed by atoms with Crippen LogP contribution in [0.2, 0.25) is 0 Å². The number of nitrogens with one attached hydrogen (secondary N) is 2. The molecule has 2 amide bonds. The van der Waals surface area contributed by atoms with Crippen LogP contribution in [0.3, 0.4) is 0 Å². The number of carboxylic acid groups (broad SMARTS) is 1. The maximum atomic E-state index is 12.2. The topological polar surface area (TPSA) is 95.5 Å². The van der Waals surface area contributed by atoms with Crippen molar-refractivity contribution in [1.29, 1.82) is 0 Å². The number of aryl methyl sites for hydroxylation is 1. The van der Waals surface area contributed by atoms with Crippen molar-refractivity contribution < 1.29 is 19.5 Å². The molecule has 0 saturated heterocycles. The van der Waals surface area contributed by atoms with Gasteiger partial charge in [0.2, 0.25) is 5.91 Å². The van der Waals surface area contributed by atoms with Crippen LogP contribution in [0.15, 0.2) is 6.07 Å². The van der Waals surface area contributed by atoms with Crippen LogP contribution in [-0.2, 0) is 9.59 Å². The molecule has 1 aromatic heterocycles. The molecule has 0 aliphatic rings. The van der Waals surface area contributed by atoms with E-state index in [-0.39, 0.29) is 11.8 Å². The lowest BCUT2D eigenvalue weighted by Crippen LogP contribution is -2.40. The molecule has 0 radical (unpaired) electrons. The van der Waals surface area contributed by atoms with Crippen LogP contribution < -0.4 is 10.6 Å². The number of anilines is 1. The minimum atomic E-state index is -1.08. The molecule has 0 aliphatic heterocycles. The average molecular weight is 326 g/mol. The smallest absolute Gasteiger partial charge is 0.326 e. The second-order valence-electron chi connectivity index (χ2n) is 5.52. The van der Waals surface area contributed by atoms with E-state index in [4.69, 9.17) is 5.11 Å². The second kappa shape index (κ2) is 7.93. The van der Waals surface area contributed by atoms with Crippen molar-refractivity contribution in [2.45, 2.75) is 46.6 Å². The van der Waals surface area contributed by atoms with Gasteiger partial charge in [-0.3, -0.25) is 9.59 Å². The average Bonchev–Trinajstić information content (AvgIpc) is 2.75. The molecule has 0 aromatic carbocycles. The molecule has 1 unspecified atom stereocenters. The summed E-state index contributed by atoms with van der Waals surface area (Å²) in [7, 11) is 0. The standard InChI is InChI=1S/C15H22N2O4S/c1-5-11(15(20)21)16-13(19)10-7-9(4)22-14(10)17-12(18)6-8(2)3/h7-8,11H,5-6H2,1-4H3,(H,16,19)(H,17,18)(H,20,21). The van der Waals surface area contributed by atoms with Crippen molar-refractivity contribution in [1.82, 2.24) is 5.32 Å². The molecular formula is C15H22N2O4S. The Bertz CT molecular complexity index is 566. The Kier molecular flexibility index (Phi) is 6.55. The van der Waals surface area contributed by atoms with Crippen molar-refractivity contribution in [3.05, 3.63) is 16.5 Å². The summed E-state index contributed by atoms with van der Waals surface area (Å²) in [5.74, 6) is -1.50. The van der Waals surface area contributed by atoms with Crippen molar-refractivity contribution in [2.75, 3.05) is 5.32 Å². The highest BCUT2D eigenvalue weighted by Crippen LogP contribution is 2.28. The van der Waals surface area contributed by atoms with Gasteiger partial charge in [-0.05, 0) is 25.3 Å². The minimum Gasteiger partial charge on any atom is -0.480 e. The van der Waals surface area contributed by atoms with Crippen LogP contribution in [0.1, 0.15) is 48.8 Å². The molecule has 1 heterocycles. The van der Waals surface area contributed by atoms with Crippen molar-refractivity contribution >= 4 is 34.1 Å². The summed E-state index contributed by atoms with van der Waals surface area (Å²) >= 11 is 1.30. The lowest BCUT2D eigenvalue weighted by molar-refractivity contribution is -0.139. The van der Waals surface area contributed by atoms with Crippen LogP contribution in [0.4, 0.5) is 5.00 Å². The quantitative estimate of drug-likeness (QED) is 0.718. The van der Waals surface area contributed by atoms with E-state index >= 15 is 0 Å². The first-order chi connectivity index (χ1) is 10.2. The van der Waals surface area contributed by atoms with Gasteiger partial charge in [-0.1, -0.05) is 20.8 Å². The number of hydrogen-bond donors (Lipinski definition) is 3. The fourth-order valence-electron chi connectivity index (χ4n) is 1.90. The highest BCUT2D eigenvalue weighted by molar-refractivity contribution is 7.16. The van der Waals surface area contributed by atoms with E-state index in [2.05, 4.69) is 10.6 Å². The first kappa shape index (κ1) is 18.2. The molecule has 7 heteroatoms. The molecule has 1 rings (SSSR count). The number of carbonyl (C=O) groups excluding carboxylic acids is 2. The van der Waals surface area contributed by atoms with Gasteiger partial charge in [0.25, 0.3) is 5.91 Å². The van der Waals surface area contributed by atoms with Crippen molar-refractivity contribution in [3.63, 3.8) is 0 Å². The number of aliphatic carboxylic acids is 1. The van der Waals surface area contributed by atoms with Crippen molar-refractivity contribution in [3.8, 4) is 0 Å². The maximum absolute atomic E-state index is 12.2. The SMILES string of the molecule is CCC(NC(=O)c1cc(C)sc1NC(=O)CC(C)C)C(=O)O. The molecule has 0 saturated carbocycles. The number of rotatable bonds is 7. The van der Waals surface area contributed by atoms with Gasteiger partial charge in [0, 0.05) is 11.3 Å². The van der Waals surface area contributed by atoms with Gasteiger partial charge >= 0.3 is 5.97 Å². The first-order valence-corrected chi connectivity index (χ1v) is 8.00. The third-order valence-electron chi connectivity index (χ3n) is 2.96. The maximum Gasteiger partial charge on any atom is 0.326 e. The molecule has 1 aromatic rings. The van der Waals surface area contributed by atoms with Gasteiger partial charge in [-0.25, -0.2) is 4.79 Å². The summed E-state index contributed by atoms with van der Waals surface area (Å²) in [6.45, 7) is 7.38. The molecule has 0 bridgehead atoms. The van der Waals surface area contributed by atoms with E-state index in [1.165, 1.54) is 11.3 Å². The Balaban J connectivity index is 2.88. The monoisotopic (exact) mass is 326 g/mol. The molecule has 0 aliphatic carbocycles. The number of thiophene rings is 1. The van der Waals surface area contributed by atoms with Crippen LogP contribution in [0, 0.1) is 12.8 Å². The van der Waals surface area contributed by atoms with Crippen molar-refractivity contribution in [2.24, 2.45) is 5.92 Å². The summed E-state index contributed by atoms with van der Waals surface area (Å²) in [5.41, 5.74) is 0.305. The molecule has 1 atom stereocenters. The Hall–Kier alpha value is -1.89. The third-order valence-corrected chi connectivity index (χ3v) is 3.92. The number of hydrogen-bond acceptors (Lipinski definition) is 4. The zero-order valence-corrected chi connectivity index (χ0v) is 14.0. The van der Waals surface area contributed by atoms with Gasteiger partial charge in [0.05, 0.1) is 5.56 Å². The minimum absolute atomic E-state index is 0.156. The van der Waals surface area contributed by atoms with Gasteiger partial charge in [0.1, 0.15) is 11.0 Å². The normalized spacial score (nSPS) is 12.0. The molecule has 0 spiro atoms. The van der Waals surface area contributed by atoms with Gasteiger partial charge in [-0.2, -0.15) is 0 Å². The largest absolute Gasteiger partial charge is 0.480 e. The van der Waals surface area contributed by atoms with Gasteiger partial charge in [0.15, 0.2) is 0 Å². The van der Waals surface area contributed by atoms with E-state index in [9.17, 15) is 14.4 Å². The zero-order chi connectivity index (χ0) is 16.9. The van der Waals surface area contributed by atoms with Crippen LogP contribution in [0.5, 0.6) is 0 Å². The van der Waals surface area contributed by atoms with Crippen LogP contribution in [-0.4, -0.2) is 28.9 Å². The Labute approximate surface area is 133 Å². The van der Waals surface area contributed by atoms with E-state index in [0.717, 1.165) is 4.88 Å². The van der Waals surface area contributed by atoms with Gasteiger partial charge < -0.3 is 15.7 Å². The highest BCUT2D eigenvalue weighted by atomic mass is 32.1. The predicted octanol–water partition coefficient (Wildman–Crippen LogP) is 2.63. The second-order valence-corrected chi connectivity index (χ2v) is 6.77. The molecule has 0 fully saturated rings. The highest BCUT2D eigenvalue weighted by Gasteiger charge is 2.22. The lowest BCUT2D eigenvalue weighted by Gasteiger charge is -2.13. The van der Waals surface area contributed by atoms with E-state index in [0.29, 0.717) is 23.4 Å². The van der Waals surface area contributed by atoms with E-state index in [1.807, 2.05) is 20.8 Å². The Morgan fingerprint density at radius 1 is 1.32 bits per heavy atom. The summed E-state index contributed by atoms with van der Waals surface area (Å²) in [6, 6.07) is 0.714. The molecule has 6 nitrogen and oxygen atoms in total. The van der Waals surface area contributed by atoms with Gasteiger partial charge in [-0.15, -0.1) is 11.3 Å². The first-order valence-electron chi connectivity index (χ1n) is 7.18. The number of amides is 2. The summed E-state index contributed by atoms with van der Waals surface area (Å²) in [6.07, 6.45) is 0.657. The fraction of sp³-hybridized carbons (Fsp3) is 0.533. The third kappa shape index (κ3) is 5.14. The summed E-state index contributed by atoms with van der Waals surface area (Å²) in [4.78, 5) is 36.0. The summed E-state index contributed by atoms with van der Waals surface area (Å²) in [5, 5.41) is 14.7. The van der Waals surface area contributed by atoms with Crippen LogP contribution in [0.25, 0.3) is 0 Å².